The molecule has 2 N–H and O–H groups in total. The molecular formula is C40H40N8O2. The van der Waals surface area contributed by atoms with Crippen LogP contribution in [0.15, 0.2) is 71.5 Å². The molecule has 0 saturated carbocycles. The Hall–Kier alpha value is -5.21. The van der Waals surface area contributed by atoms with Crippen LogP contribution in [0.4, 0.5) is 11.5 Å². The highest BCUT2D eigenvalue weighted by atomic mass is 16.3. The molecule has 2 aliphatic rings. The molecule has 8 rings (SSSR count). The lowest BCUT2D eigenvalue weighted by atomic mass is 9.93. The lowest BCUT2D eigenvalue weighted by Gasteiger charge is -2.26. The SMILES string of the molecule is Cc1c(Nc2ncnc3cc(CN4CCC(O)C4)cnc23)cccc1-c1cccc(-c2nc3cc(CN4CCCCC4)cc(C#N)c3o2)c1C. The Morgan fingerprint density at radius 1 is 0.860 bits per heavy atom. The third-order valence-electron chi connectivity index (χ3n) is 10.2. The van der Waals surface area contributed by atoms with Gasteiger partial charge >= 0.3 is 0 Å². The van der Waals surface area contributed by atoms with E-state index in [0.717, 1.165) is 89.3 Å². The van der Waals surface area contributed by atoms with Crippen LogP contribution in [0.3, 0.4) is 0 Å². The molecule has 0 amide bonds. The second-order valence-corrected chi connectivity index (χ2v) is 13.7. The number of aliphatic hydroxyl groups is 1. The van der Waals surface area contributed by atoms with Gasteiger partial charge in [0.15, 0.2) is 11.4 Å². The predicted molar refractivity (Wildman–Crippen MR) is 195 cm³/mol. The maximum Gasteiger partial charge on any atom is 0.227 e. The molecule has 252 valence electrons. The number of likely N-dealkylation sites (tertiary alicyclic amines) is 2. The number of anilines is 2. The Balaban J connectivity index is 1.08. The first-order valence-electron chi connectivity index (χ1n) is 17.5. The smallest absolute Gasteiger partial charge is 0.227 e. The molecule has 2 fully saturated rings. The van der Waals surface area contributed by atoms with Crippen LogP contribution in [0, 0.1) is 25.2 Å². The van der Waals surface area contributed by atoms with E-state index in [1.54, 1.807) is 6.33 Å². The number of nitrogens with one attached hydrogen (secondary N) is 1. The van der Waals surface area contributed by atoms with E-state index >= 15 is 0 Å². The topological polar surface area (TPSA) is 127 Å². The fourth-order valence-electron chi connectivity index (χ4n) is 7.48. The summed E-state index contributed by atoms with van der Waals surface area (Å²) in [6.45, 7) is 9.48. The van der Waals surface area contributed by atoms with Crippen LogP contribution in [-0.2, 0) is 13.1 Å². The predicted octanol–water partition coefficient (Wildman–Crippen LogP) is 7.28. The van der Waals surface area contributed by atoms with E-state index < -0.39 is 0 Å². The van der Waals surface area contributed by atoms with E-state index in [2.05, 4.69) is 69.3 Å². The lowest BCUT2D eigenvalue weighted by molar-refractivity contribution is 0.175. The molecule has 5 heterocycles. The van der Waals surface area contributed by atoms with Gasteiger partial charge in [0.25, 0.3) is 0 Å². The zero-order chi connectivity index (χ0) is 34.2. The van der Waals surface area contributed by atoms with Crippen molar-refractivity contribution < 1.29 is 9.52 Å². The quantitative estimate of drug-likeness (QED) is 0.171. The Labute approximate surface area is 291 Å². The van der Waals surface area contributed by atoms with Crippen molar-refractivity contribution >= 4 is 33.6 Å². The number of rotatable bonds is 8. The van der Waals surface area contributed by atoms with Gasteiger partial charge in [0.05, 0.1) is 17.2 Å². The van der Waals surface area contributed by atoms with Gasteiger partial charge in [-0.25, -0.2) is 15.0 Å². The van der Waals surface area contributed by atoms with Crippen LogP contribution < -0.4 is 5.32 Å². The molecule has 0 radical (unpaired) electrons. The van der Waals surface area contributed by atoms with Crippen molar-refractivity contribution in [2.45, 2.75) is 58.7 Å². The number of aliphatic hydroxyl groups excluding tert-OH is 1. The Morgan fingerprint density at radius 2 is 1.62 bits per heavy atom. The maximum absolute atomic E-state index is 10.0. The van der Waals surface area contributed by atoms with Crippen molar-refractivity contribution in [2.24, 2.45) is 0 Å². The number of hydrogen-bond donors (Lipinski definition) is 2. The number of piperidine rings is 1. The van der Waals surface area contributed by atoms with Gasteiger partial charge in [0.2, 0.25) is 5.89 Å². The largest absolute Gasteiger partial charge is 0.435 e. The van der Waals surface area contributed by atoms with Gasteiger partial charge in [0, 0.05) is 43.6 Å². The molecule has 1 atom stereocenters. The molecule has 10 nitrogen and oxygen atoms in total. The molecule has 0 aliphatic carbocycles. The fourth-order valence-corrected chi connectivity index (χ4v) is 7.48. The molecule has 2 saturated heterocycles. The van der Waals surface area contributed by atoms with Gasteiger partial charge in [-0.3, -0.25) is 14.8 Å². The van der Waals surface area contributed by atoms with Crippen molar-refractivity contribution in [1.82, 2.24) is 29.7 Å². The Kier molecular flexibility index (Phi) is 8.71. The molecule has 3 aromatic carbocycles. The first kappa shape index (κ1) is 32.0. The number of benzene rings is 3. The van der Waals surface area contributed by atoms with E-state index in [1.165, 1.54) is 19.3 Å². The van der Waals surface area contributed by atoms with E-state index in [4.69, 9.17) is 14.4 Å². The van der Waals surface area contributed by atoms with Crippen molar-refractivity contribution in [2.75, 3.05) is 31.5 Å². The number of β-amino-alcohol motifs (C(OH)–C–C–N with tert-alkyl or cyclic N) is 1. The number of hydrogen-bond acceptors (Lipinski definition) is 10. The lowest BCUT2D eigenvalue weighted by Crippen LogP contribution is -2.29. The normalized spacial score (nSPS) is 17.0. The monoisotopic (exact) mass is 664 g/mol. The summed E-state index contributed by atoms with van der Waals surface area (Å²) < 4.78 is 6.32. The summed E-state index contributed by atoms with van der Waals surface area (Å²) in [6.07, 6.45) is 7.72. The Morgan fingerprint density at radius 3 is 2.42 bits per heavy atom. The number of nitriles is 1. The summed E-state index contributed by atoms with van der Waals surface area (Å²) in [4.78, 5) is 23.4. The highest BCUT2D eigenvalue weighted by Crippen LogP contribution is 2.37. The minimum Gasteiger partial charge on any atom is -0.435 e. The summed E-state index contributed by atoms with van der Waals surface area (Å²) >= 11 is 0. The number of oxazole rings is 1. The number of pyridine rings is 1. The van der Waals surface area contributed by atoms with E-state index in [-0.39, 0.29) is 6.10 Å². The molecule has 2 aliphatic heterocycles. The summed E-state index contributed by atoms with van der Waals surface area (Å²) in [5.74, 6) is 1.15. The van der Waals surface area contributed by atoms with Crippen LogP contribution in [0.5, 0.6) is 0 Å². The second kappa shape index (κ2) is 13.6. The molecule has 0 spiro atoms. The molecule has 6 aromatic rings. The van der Waals surface area contributed by atoms with Gasteiger partial charge in [-0.15, -0.1) is 0 Å². The molecular weight excluding hydrogens is 624 g/mol. The van der Waals surface area contributed by atoms with Gasteiger partial charge in [-0.05, 0) is 110 Å². The Bertz CT molecular complexity index is 2250. The third kappa shape index (κ3) is 6.31. The summed E-state index contributed by atoms with van der Waals surface area (Å²) in [5, 5.41) is 23.5. The van der Waals surface area contributed by atoms with Gasteiger partial charge in [-0.2, -0.15) is 5.26 Å². The highest BCUT2D eigenvalue weighted by molar-refractivity contribution is 5.89. The van der Waals surface area contributed by atoms with E-state index in [1.807, 2.05) is 36.5 Å². The van der Waals surface area contributed by atoms with Crippen molar-refractivity contribution in [1.29, 1.82) is 5.26 Å². The standard InChI is InChI=1S/C40H40N8O2/c1-25-31(8-6-10-33(25)40-46-36-17-27(16-29(19-41)38(36)50-40)21-47-13-4-3-5-14-47)32-9-7-11-34(26(32)2)45-39-37-35(43-24-44-39)18-28(20-42-37)22-48-15-12-30(49)23-48/h6-11,16-18,20,24,30,49H,3-5,12-15,21-23H2,1-2H3,(H,43,44,45). The van der Waals surface area contributed by atoms with Crippen LogP contribution in [0.2, 0.25) is 0 Å². The van der Waals surface area contributed by atoms with Crippen molar-refractivity contribution in [3.8, 4) is 28.7 Å². The second-order valence-electron chi connectivity index (χ2n) is 13.7. The first-order valence-corrected chi connectivity index (χ1v) is 17.5. The minimum atomic E-state index is -0.256. The van der Waals surface area contributed by atoms with Crippen LogP contribution in [0.25, 0.3) is 44.7 Å². The van der Waals surface area contributed by atoms with Crippen molar-refractivity contribution in [3.05, 3.63) is 94.9 Å². The molecule has 10 heteroatoms. The average Bonchev–Trinajstić information content (AvgIpc) is 3.75. The summed E-state index contributed by atoms with van der Waals surface area (Å²) in [7, 11) is 0. The molecule has 1 unspecified atom stereocenters. The van der Waals surface area contributed by atoms with Crippen molar-refractivity contribution in [3.63, 3.8) is 0 Å². The summed E-state index contributed by atoms with van der Waals surface area (Å²) in [6, 6.07) is 20.8. The first-order chi connectivity index (χ1) is 24.4. The number of aromatic nitrogens is 4. The fraction of sp³-hybridized carbons (Fsp3) is 0.325. The zero-order valence-electron chi connectivity index (χ0n) is 28.5. The maximum atomic E-state index is 10.0. The van der Waals surface area contributed by atoms with Gasteiger partial charge < -0.3 is 14.8 Å². The molecule has 0 bridgehead atoms. The number of fused-ring (bicyclic) bond motifs is 2. The van der Waals surface area contributed by atoms with Gasteiger partial charge in [-0.1, -0.05) is 30.7 Å². The molecule has 50 heavy (non-hydrogen) atoms. The third-order valence-corrected chi connectivity index (χ3v) is 10.2. The van der Waals surface area contributed by atoms with Crippen LogP contribution in [0.1, 0.15) is 53.5 Å². The molecule has 3 aromatic heterocycles. The van der Waals surface area contributed by atoms with E-state index in [0.29, 0.717) is 40.4 Å². The average molecular weight is 665 g/mol. The summed E-state index contributed by atoms with van der Waals surface area (Å²) in [5.41, 5.74) is 11.5. The minimum absolute atomic E-state index is 0.256. The zero-order valence-corrected chi connectivity index (χ0v) is 28.5. The van der Waals surface area contributed by atoms with Crippen LogP contribution >= 0.6 is 0 Å². The number of nitrogens with zero attached hydrogens (tertiary/aromatic N) is 7. The highest BCUT2D eigenvalue weighted by Gasteiger charge is 2.22. The van der Waals surface area contributed by atoms with Gasteiger partial charge in [0.1, 0.15) is 23.4 Å². The van der Waals surface area contributed by atoms with Crippen LogP contribution in [-0.4, -0.2) is 67.1 Å². The van der Waals surface area contributed by atoms with E-state index in [9.17, 15) is 10.4 Å².